The molecule has 0 aromatic carbocycles. The third-order valence-electron chi connectivity index (χ3n) is 2.31. The maximum absolute atomic E-state index is 5.64. The Labute approximate surface area is 109 Å². The van der Waals surface area contributed by atoms with Gasteiger partial charge in [-0.05, 0) is 34.6 Å². The van der Waals surface area contributed by atoms with Crippen LogP contribution < -0.4 is 10.1 Å². The summed E-state index contributed by atoms with van der Waals surface area (Å²) in [5.41, 5.74) is 0.773. The van der Waals surface area contributed by atoms with Gasteiger partial charge in [-0.15, -0.1) is 0 Å². The van der Waals surface area contributed by atoms with E-state index in [0.717, 1.165) is 11.4 Å². The number of anilines is 1. The Kier molecular flexibility index (Phi) is 4.90. The first kappa shape index (κ1) is 14.7. The molecule has 0 amide bonds. The Hall–Kier alpha value is -1.36. The second-order valence-electron chi connectivity index (χ2n) is 5.11. The third-order valence-corrected chi connectivity index (χ3v) is 2.31. The van der Waals surface area contributed by atoms with Gasteiger partial charge in [0.15, 0.2) is 0 Å². The summed E-state index contributed by atoms with van der Waals surface area (Å²) in [6.07, 6.45) is 0. The van der Waals surface area contributed by atoms with Crippen LogP contribution in [0.5, 0.6) is 5.88 Å². The minimum Gasteiger partial charge on any atom is -0.475 e. The first-order valence-electron chi connectivity index (χ1n) is 6.13. The van der Waals surface area contributed by atoms with Crippen LogP contribution in [0.15, 0.2) is 0 Å². The molecule has 0 aliphatic heterocycles. The zero-order valence-electron chi connectivity index (χ0n) is 12.1. The third kappa shape index (κ3) is 4.49. The van der Waals surface area contributed by atoms with Gasteiger partial charge in [-0.1, -0.05) is 0 Å². The Morgan fingerprint density at radius 2 is 1.78 bits per heavy atom. The smallest absolute Gasteiger partial charge is 0.221 e. The Balaban J connectivity index is 2.59. The number of rotatable bonds is 5. The lowest BCUT2D eigenvalue weighted by Crippen LogP contribution is -2.22. The normalized spacial score (nSPS) is 11.4. The van der Waals surface area contributed by atoms with Crippen molar-refractivity contribution in [1.82, 2.24) is 9.97 Å². The lowest BCUT2D eigenvalue weighted by molar-refractivity contribution is -0.0169. The summed E-state index contributed by atoms with van der Waals surface area (Å²) in [5.74, 6) is 2.11. The number of aryl methyl sites for hydroxylation is 1. The van der Waals surface area contributed by atoms with Gasteiger partial charge in [0.05, 0.1) is 17.8 Å². The minimum atomic E-state index is -0.143. The average Bonchev–Trinajstić information content (AvgIpc) is 2.27. The van der Waals surface area contributed by atoms with Gasteiger partial charge in [0.25, 0.3) is 0 Å². The molecule has 0 bridgehead atoms. The van der Waals surface area contributed by atoms with E-state index in [9.17, 15) is 0 Å². The molecule has 0 unspecified atom stereocenters. The molecule has 0 spiro atoms. The molecule has 1 aromatic rings. The molecule has 1 heterocycles. The van der Waals surface area contributed by atoms with Crippen molar-refractivity contribution in [2.75, 3.05) is 25.6 Å². The Morgan fingerprint density at radius 1 is 1.11 bits per heavy atom. The molecule has 0 atom stereocenters. The van der Waals surface area contributed by atoms with E-state index >= 15 is 0 Å². The number of hydrogen-bond acceptors (Lipinski definition) is 5. The van der Waals surface area contributed by atoms with E-state index in [4.69, 9.17) is 9.47 Å². The standard InChI is InChI=1S/C13H23N3O2/c1-9-11(14-6)15-10(2)16-12(9)17-7-8-18-13(3,4)5/h7-8H2,1-6H3,(H,14,15,16). The van der Waals surface area contributed by atoms with E-state index in [0.29, 0.717) is 24.9 Å². The van der Waals surface area contributed by atoms with E-state index in [1.807, 2.05) is 41.7 Å². The fourth-order valence-electron chi connectivity index (χ4n) is 1.47. The lowest BCUT2D eigenvalue weighted by atomic mass is 10.2. The number of aromatic nitrogens is 2. The maximum atomic E-state index is 5.64. The molecular formula is C13H23N3O2. The van der Waals surface area contributed by atoms with Gasteiger partial charge in [-0.2, -0.15) is 4.98 Å². The maximum Gasteiger partial charge on any atom is 0.221 e. The molecule has 0 saturated heterocycles. The van der Waals surface area contributed by atoms with Crippen LogP contribution in [-0.4, -0.2) is 35.8 Å². The topological polar surface area (TPSA) is 56.3 Å². The molecule has 0 aliphatic rings. The highest BCUT2D eigenvalue weighted by Gasteiger charge is 2.11. The van der Waals surface area contributed by atoms with Gasteiger partial charge in [0.1, 0.15) is 18.2 Å². The van der Waals surface area contributed by atoms with Crippen LogP contribution >= 0.6 is 0 Å². The van der Waals surface area contributed by atoms with Gasteiger partial charge in [0.2, 0.25) is 5.88 Å². The molecule has 18 heavy (non-hydrogen) atoms. The van der Waals surface area contributed by atoms with Crippen LogP contribution in [0.2, 0.25) is 0 Å². The zero-order chi connectivity index (χ0) is 13.8. The Morgan fingerprint density at radius 3 is 2.33 bits per heavy atom. The molecule has 0 radical (unpaired) electrons. The van der Waals surface area contributed by atoms with E-state index in [1.165, 1.54) is 0 Å². The van der Waals surface area contributed by atoms with Crippen molar-refractivity contribution in [1.29, 1.82) is 0 Å². The first-order chi connectivity index (χ1) is 8.33. The SMILES string of the molecule is CNc1nc(C)nc(OCCOC(C)(C)C)c1C. The molecule has 0 fully saturated rings. The van der Waals surface area contributed by atoms with Gasteiger partial charge in [0, 0.05) is 7.05 Å². The monoisotopic (exact) mass is 253 g/mol. The molecule has 1 rings (SSSR count). The summed E-state index contributed by atoms with van der Waals surface area (Å²) in [6, 6.07) is 0. The average molecular weight is 253 g/mol. The Bertz CT molecular complexity index is 400. The van der Waals surface area contributed by atoms with E-state index in [1.54, 1.807) is 0 Å². The summed E-state index contributed by atoms with van der Waals surface area (Å²) in [7, 11) is 1.83. The van der Waals surface area contributed by atoms with Crippen LogP contribution in [-0.2, 0) is 4.74 Å². The highest BCUT2D eigenvalue weighted by Crippen LogP contribution is 2.21. The second kappa shape index (κ2) is 6.00. The largest absolute Gasteiger partial charge is 0.475 e. The van der Waals surface area contributed by atoms with Crippen LogP contribution in [0.3, 0.4) is 0 Å². The van der Waals surface area contributed by atoms with E-state index in [2.05, 4.69) is 15.3 Å². The van der Waals surface area contributed by atoms with Crippen molar-refractivity contribution in [3.63, 3.8) is 0 Å². The van der Waals surface area contributed by atoms with Gasteiger partial charge in [-0.3, -0.25) is 0 Å². The highest BCUT2D eigenvalue weighted by atomic mass is 16.5. The molecule has 5 heteroatoms. The van der Waals surface area contributed by atoms with Crippen LogP contribution in [0.25, 0.3) is 0 Å². The molecular weight excluding hydrogens is 230 g/mol. The summed E-state index contributed by atoms with van der Waals surface area (Å²) in [4.78, 5) is 8.57. The number of nitrogens with zero attached hydrogens (tertiary/aromatic N) is 2. The summed E-state index contributed by atoms with van der Waals surface area (Å²) < 4.78 is 11.2. The van der Waals surface area contributed by atoms with E-state index in [-0.39, 0.29) is 5.60 Å². The molecule has 0 aliphatic carbocycles. The molecule has 1 aromatic heterocycles. The fourth-order valence-corrected chi connectivity index (χ4v) is 1.47. The van der Waals surface area contributed by atoms with Crippen molar-refractivity contribution in [3.05, 3.63) is 11.4 Å². The van der Waals surface area contributed by atoms with Crippen molar-refractivity contribution >= 4 is 5.82 Å². The summed E-state index contributed by atoms with van der Waals surface area (Å²) in [6.45, 7) is 10.9. The van der Waals surface area contributed by atoms with Crippen molar-refractivity contribution in [2.45, 2.75) is 40.2 Å². The van der Waals surface area contributed by atoms with Crippen molar-refractivity contribution in [3.8, 4) is 5.88 Å². The molecule has 5 nitrogen and oxygen atoms in total. The predicted octanol–water partition coefficient (Wildman–Crippen LogP) is 2.33. The number of nitrogens with one attached hydrogen (secondary N) is 1. The quantitative estimate of drug-likeness (QED) is 0.816. The van der Waals surface area contributed by atoms with Gasteiger partial charge >= 0.3 is 0 Å². The fraction of sp³-hybridized carbons (Fsp3) is 0.692. The van der Waals surface area contributed by atoms with Gasteiger partial charge in [-0.25, -0.2) is 4.98 Å². The van der Waals surface area contributed by atoms with Crippen molar-refractivity contribution < 1.29 is 9.47 Å². The van der Waals surface area contributed by atoms with E-state index < -0.39 is 0 Å². The van der Waals surface area contributed by atoms with Crippen LogP contribution in [0.4, 0.5) is 5.82 Å². The highest BCUT2D eigenvalue weighted by molar-refractivity contribution is 5.47. The lowest BCUT2D eigenvalue weighted by Gasteiger charge is -2.19. The second-order valence-corrected chi connectivity index (χ2v) is 5.11. The molecule has 0 saturated carbocycles. The predicted molar refractivity (Wildman–Crippen MR) is 72.3 cm³/mol. The molecule has 102 valence electrons. The van der Waals surface area contributed by atoms with Crippen molar-refractivity contribution in [2.24, 2.45) is 0 Å². The van der Waals surface area contributed by atoms with Gasteiger partial charge < -0.3 is 14.8 Å². The number of hydrogen-bond donors (Lipinski definition) is 1. The van der Waals surface area contributed by atoms with Crippen LogP contribution in [0, 0.1) is 13.8 Å². The zero-order valence-corrected chi connectivity index (χ0v) is 12.1. The summed E-state index contributed by atoms with van der Waals surface area (Å²) >= 11 is 0. The summed E-state index contributed by atoms with van der Waals surface area (Å²) in [5, 5.41) is 3.03. The number of ether oxygens (including phenoxy) is 2. The molecule has 1 N–H and O–H groups in total. The first-order valence-corrected chi connectivity index (χ1v) is 6.13. The minimum absolute atomic E-state index is 0.143. The van der Waals surface area contributed by atoms with Crippen LogP contribution in [0.1, 0.15) is 32.2 Å².